The molecular weight excluding hydrogens is 460 g/mol. The average Bonchev–Trinajstić information content (AvgIpc) is 3.39. The predicted octanol–water partition coefficient (Wildman–Crippen LogP) is 6.93. The molecule has 0 aliphatic rings. The summed E-state index contributed by atoms with van der Waals surface area (Å²) in [4.78, 5) is 26.0. The summed E-state index contributed by atoms with van der Waals surface area (Å²) in [5.74, 6) is 1.38. The van der Waals surface area contributed by atoms with E-state index in [9.17, 15) is 9.59 Å². The van der Waals surface area contributed by atoms with Crippen LogP contribution < -0.4 is 20.3 Å². The molecular formula is C33H20O4. The fraction of sp³-hybridized carbons (Fsp3) is 0.0909. The summed E-state index contributed by atoms with van der Waals surface area (Å²) in [5.41, 5.74) is 0.119. The lowest BCUT2D eigenvalue weighted by Crippen LogP contribution is -2.05. The summed E-state index contributed by atoms with van der Waals surface area (Å²) >= 11 is 0. The standard InChI is InChI=1S/C33H20O4/c34-32-24-6-1-4-18-8-10-20-14-22(16-26(32)30(20)28(18)24)36-12-3-13-37-23-15-21-11-9-19-5-2-7-25-29(19)31(21)27(17-23)33(25)35/h1-2,4-11,14-17H,3,12-13H2. The van der Waals surface area contributed by atoms with Gasteiger partial charge in [-0.05, 0) is 45.8 Å². The molecule has 0 unspecified atom stereocenters. The first kappa shape index (κ1) is 20.5. The molecule has 0 fully saturated rings. The quantitative estimate of drug-likeness (QED) is 0.191. The number of ether oxygens (including phenoxy) is 2. The molecule has 8 aromatic carbocycles. The summed E-state index contributed by atoms with van der Waals surface area (Å²) in [6, 6.07) is 27.7. The summed E-state index contributed by atoms with van der Waals surface area (Å²) < 4.78 is 12.1. The van der Waals surface area contributed by atoms with Gasteiger partial charge in [0, 0.05) is 49.5 Å². The Morgan fingerprint density at radius 2 is 0.892 bits per heavy atom. The highest BCUT2D eigenvalue weighted by molar-refractivity contribution is 6.27. The van der Waals surface area contributed by atoms with E-state index in [1.165, 1.54) is 0 Å². The highest BCUT2D eigenvalue weighted by Crippen LogP contribution is 2.37. The minimum Gasteiger partial charge on any atom is -0.493 e. The van der Waals surface area contributed by atoms with Crippen LogP contribution in [0.1, 0.15) is 6.42 Å². The van der Waals surface area contributed by atoms with Crippen molar-refractivity contribution >= 4 is 64.6 Å². The summed E-state index contributed by atoms with van der Waals surface area (Å²) in [5, 5.41) is 11.3. The van der Waals surface area contributed by atoms with E-state index in [4.69, 9.17) is 9.47 Å². The van der Waals surface area contributed by atoms with Crippen molar-refractivity contribution in [3.8, 4) is 11.5 Å². The second kappa shape index (κ2) is 7.40. The monoisotopic (exact) mass is 480 g/mol. The largest absolute Gasteiger partial charge is 0.493 e. The molecule has 0 saturated carbocycles. The first-order valence-electron chi connectivity index (χ1n) is 12.5. The van der Waals surface area contributed by atoms with Gasteiger partial charge in [0.05, 0.1) is 13.2 Å². The maximum Gasteiger partial charge on any atom is 0.194 e. The van der Waals surface area contributed by atoms with Crippen LogP contribution in [0.15, 0.2) is 94.5 Å². The van der Waals surface area contributed by atoms with Gasteiger partial charge in [0.25, 0.3) is 0 Å². The van der Waals surface area contributed by atoms with Crippen molar-refractivity contribution in [2.24, 2.45) is 0 Å². The minimum absolute atomic E-state index is 0.0593. The molecule has 0 bridgehead atoms. The highest BCUT2D eigenvalue weighted by Gasteiger charge is 2.17. The Hall–Kier alpha value is -4.70. The Kier molecular flexibility index (Phi) is 4.10. The van der Waals surface area contributed by atoms with Crippen LogP contribution in [0.3, 0.4) is 0 Å². The number of hydrogen-bond acceptors (Lipinski definition) is 4. The lowest BCUT2D eigenvalue weighted by atomic mass is 10.0. The molecule has 176 valence electrons. The predicted molar refractivity (Wildman–Crippen MR) is 151 cm³/mol. The van der Waals surface area contributed by atoms with E-state index in [-0.39, 0.29) is 10.9 Å². The van der Waals surface area contributed by atoms with Gasteiger partial charge in [0.15, 0.2) is 10.9 Å². The molecule has 0 amide bonds. The van der Waals surface area contributed by atoms with Crippen molar-refractivity contribution in [2.75, 3.05) is 13.2 Å². The summed E-state index contributed by atoms with van der Waals surface area (Å²) in [7, 11) is 0. The van der Waals surface area contributed by atoms with Gasteiger partial charge in [-0.3, -0.25) is 9.59 Å². The molecule has 0 spiro atoms. The van der Waals surface area contributed by atoms with Crippen LogP contribution in [0, 0.1) is 0 Å². The van der Waals surface area contributed by atoms with Crippen LogP contribution in [0.25, 0.3) is 64.6 Å². The van der Waals surface area contributed by atoms with Crippen molar-refractivity contribution in [1.82, 2.24) is 0 Å². The maximum atomic E-state index is 13.0. The SMILES string of the molecule is O=c1c2cccc3ccc4cc(OCCCOc5cc6ccc7cccc8c(=O)c(c5)c6c78)cc1c4c32. The summed E-state index contributed by atoms with van der Waals surface area (Å²) in [6.07, 6.45) is 0.668. The van der Waals surface area contributed by atoms with Gasteiger partial charge in [-0.15, -0.1) is 0 Å². The van der Waals surface area contributed by atoms with Crippen molar-refractivity contribution in [1.29, 1.82) is 0 Å². The zero-order valence-electron chi connectivity index (χ0n) is 19.8. The first-order chi connectivity index (χ1) is 18.2. The molecule has 4 nitrogen and oxygen atoms in total. The van der Waals surface area contributed by atoms with Gasteiger partial charge < -0.3 is 9.47 Å². The van der Waals surface area contributed by atoms with Gasteiger partial charge in [-0.2, -0.15) is 0 Å². The van der Waals surface area contributed by atoms with E-state index in [0.29, 0.717) is 41.9 Å². The minimum atomic E-state index is 0.0593. The Morgan fingerprint density at radius 3 is 1.38 bits per heavy atom. The first-order valence-corrected chi connectivity index (χ1v) is 12.5. The van der Waals surface area contributed by atoms with Crippen LogP contribution >= 0.6 is 0 Å². The van der Waals surface area contributed by atoms with Crippen molar-refractivity contribution in [3.05, 3.63) is 105 Å². The van der Waals surface area contributed by atoms with E-state index in [1.807, 2.05) is 60.7 Å². The third-order valence-electron chi connectivity index (χ3n) is 7.67. The molecule has 8 aromatic rings. The molecule has 8 rings (SSSR count). The fourth-order valence-electron chi connectivity index (χ4n) is 6.06. The van der Waals surface area contributed by atoms with Crippen LogP contribution in [0.5, 0.6) is 11.5 Å². The molecule has 37 heavy (non-hydrogen) atoms. The van der Waals surface area contributed by atoms with Gasteiger partial charge in [0.1, 0.15) is 11.5 Å². The van der Waals surface area contributed by atoms with Gasteiger partial charge >= 0.3 is 0 Å². The molecule has 0 aromatic heterocycles. The van der Waals surface area contributed by atoms with Gasteiger partial charge in [-0.1, -0.05) is 60.7 Å². The van der Waals surface area contributed by atoms with E-state index in [2.05, 4.69) is 24.3 Å². The zero-order chi connectivity index (χ0) is 24.7. The average molecular weight is 481 g/mol. The maximum absolute atomic E-state index is 13.0. The smallest absolute Gasteiger partial charge is 0.194 e. The van der Waals surface area contributed by atoms with Crippen LogP contribution in [0.2, 0.25) is 0 Å². The highest BCUT2D eigenvalue weighted by atomic mass is 16.5. The molecule has 0 aliphatic heterocycles. The Bertz CT molecular complexity index is 2060. The van der Waals surface area contributed by atoms with Crippen molar-refractivity contribution in [2.45, 2.75) is 6.42 Å². The normalized spacial score (nSPS) is 12.3. The summed E-state index contributed by atoms with van der Waals surface area (Å²) in [6.45, 7) is 0.916. The van der Waals surface area contributed by atoms with Gasteiger partial charge in [0.2, 0.25) is 0 Å². The molecule has 0 heterocycles. The van der Waals surface area contributed by atoms with Crippen molar-refractivity contribution < 1.29 is 9.47 Å². The van der Waals surface area contributed by atoms with E-state index >= 15 is 0 Å². The number of hydrogen-bond donors (Lipinski definition) is 0. The van der Waals surface area contributed by atoms with Crippen LogP contribution in [-0.4, -0.2) is 13.2 Å². The molecule has 0 aliphatic carbocycles. The molecule has 0 radical (unpaired) electrons. The lowest BCUT2D eigenvalue weighted by Gasteiger charge is -2.10. The van der Waals surface area contributed by atoms with E-state index in [0.717, 1.165) is 53.9 Å². The second-order valence-electron chi connectivity index (χ2n) is 9.79. The van der Waals surface area contributed by atoms with Crippen LogP contribution in [-0.2, 0) is 0 Å². The lowest BCUT2D eigenvalue weighted by molar-refractivity contribution is 0.248. The Morgan fingerprint density at radius 1 is 0.459 bits per heavy atom. The third-order valence-corrected chi connectivity index (χ3v) is 7.67. The zero-order valence-corrected chi connectivity index (χ0v) is 19.8. The Labute approximate surface area is 210 Å². The number of benzene rings is 6. The van der Waals surface area contributed by atoms with E-state index in [1.54, 1.807) is 0 Å². The third kappa shape index (κ3) is 2.84. The Balaban J connectivity index is 1.02. The molecule has 4 heteroatoms. The topological polar surface area (TPSA) is 52.6 Å². The molecule has 0 N–H and O–H groups in total. The van der Waals surface area contributed by atoms with E-state index < -0.39 is 0 Å². The molecule has 0 atom stereocenters. The number of rotatable bonds is 6. The second-order valence-corrected chi connectivity index (χ2v) is 9.79. The van der Waals surface area contributed by atoms with Gasteiger partial charge in [-0.25, -0.2) is 0 Å². The van der Waals surface area contributed by atoms with Crippen LogP contribution in [0.4, 0.5) is 0 Å². The fourth-order valence-corrected chi connectivity index (χ4v) is 6.06. The molecule has 0 saturated heterocycles. The van der Waals surface area contributed by atoms with Crippen molar-refractivity contribution in [3.63, 3.8) is 0 Å².